The molecule has 3 aliphatic rings. The van der Waals surface area contributed by atoms with Crippen molar-refractivity contribution in [2.75, 3.05) is 16.8 Å². The van der Waals surface area contributed by atoms with Gasteiger partial charge < -0.3 is 10.2 Å². The molecule has 4 aromatic rings. The summed E-state index contributed by atoms with van der Waals surface area (Å²) in [6.07, 6.45) is 1.14. The summed E-state index contributed by atoms with van der Waals surface area (Å²) in [5.74, 6) is -1.73. The van der Waals surface area contributed by atoms with Crippen LogP contribution in [-0.4, -0.2) is 39.7 Å². The number of nitrogens with one attached hydrogen (secondary N) is 2. The number of carbonyl (C=O) groups is 4. The lowest BCUT2D eigenvalue weighted by molar-refractivity contribution is -0.136. The fourth-order valence-electron chi connectivity index (χ4n) is 6.42. The first-order valence-corrected chi connectivity index (χ1v) is 14.0. The highest BCUT2D eigenvalue weighted by molar-refractivity contribution is 6.07. The number of hydrogen-bond donors (Lipinski definition) is 2. The van der Waals surface area contributed by atoms with E-state index in [1.54, 1.807) is 30.0 Å². The highest BCUT2D eigenvalue weighted by Gasteiger charge is 2.36. The topological polar surface area (TPSA) is 130 Å². The van der Waals surface area contributed by atoms with Crippen molar-refractivity contribution in [3.05, 3.63) is 88.0 Å². The molecule has 0 radical (unpaired) electrons. The smallest absolute Gasteiger partial charge is 0.264 e. The van der Waals surface area contributed by atoms with Gasteiger partial charge in [-0.1, -0.05) is 36.4 Å². The van der Waals surface area contributed by atoms with E-state index in [9.17, 15) is 24.0 Å². The zero-order chi connectivity index (χ0) is 29.1. The molecular weight excluding hydrogens is 534 g/mol. The van der Waals surface area contributed by atoms with Crippen molar-refractivity contribution in [2.24, 2.45) is 5.92 Å². The largest absolute Gasteiger partial charge is 0.325 e. The van der Waals surface area contributed by atoms with Crippen LogP contribution in [0.2, 0.25) is 0 Å². The average Bonchev–Trinajstić information content (AvgIpc) is 3.54. The summed E-state index contributed by atoms with van der Waals surface area (Å²) in [5, 5.41) is 5.31. The third kappa shape index (κ3) is 4.18. The maximum atomic E-state index is 13.7. The number of benzene rings is 3. The average molecular weight is 562 g/mol. The monoisotopic (exact) mass is 561 g/mol. The molecule has 2 aliphatic heterocycles. The van der Waals surface area contributed by atoms with E-state index in [1.165, 1.54) is 15.7 Å². The van der Waals surface area contributed by atoms with Gasteiger partial charge in [-0.05, 0) is 66.3 Å². The molecule has 2 fully saturated rings. The SMILES string of the molecule is Cc1nc2cccc(NC(=O)C3CC(=O)N(c4ccc5c(c4)Cc4ccccc4-5)C3)c2c(=O)n1C1CCC(=O)NC1=O. The Morgan fingerprint density at radius 1 is 0.976 bits per heavy atom. The molecule has 2 N–H and O–H groups in total. The van der Waals surface area contributed by atoms with E-state index in [1.807, 2.05) is 30.3 Å². The van der Waals surface area contributed by atoms with Gasteiger partial charge in [-0.2, -0.15) is 0 Å². The molecular formula is C32H27N5O5. The number of nitrogens with zero attached hydrogens (tertiary/aromatic N) is 3. The fraction of sp³-hybridized carbons (Fsp3) is 0.250. The number of aryl methyl sites for hydroxylation is 1. The Labute approximate surface area is 240 Å². The molecule has 4 amide bonds. The number of fused-ring (bicyclic) bond motifs is 4. The molecule has 0 spiro atoms. The van der Waals surface area contributed by atoms with Crippen LogP contribution in [0.1, 0.15) is 42.3 Å². The van der Waals surface area contributed by atoms with Crippen molar-refractivity contribution < 1.29 is 19.2 Å². The molecule has 0 saturated carbocycles. The highest BCUT2D eigenvalue weighted by atomic mass is 16.2. The van der Waals surface area contributed by atoms with Crippen LogP contribution in [0.3, 0.4) is 0 Å². The number of amides is 4. The molecule has 42 heavy (non-hydrogen) atoms. The molecule has 10 heteroatoms. The van der Waals surface area contributed by atoms with E-state index in [4.69, 9.17) is 0 Å². The zero-order valence-electron chi connectivity index (χ0n) is 22.8. The van der Waals surface area contributed by atoms with Crippen LogP contribution in [0.4, 0.5) is 11.4 Å². The summed E-state index contributed by atoms with van der Waals surface area (Å²) in [6, 6.07) is 18.3. The van der Waals surface area contributed by atoms with Gasteiger partial charge in [-0.15, -0.1) is 0 Å². The van der Waals surface area contributed by atoms with Gasteiger partial charge in [0.2, 0.25) is 23.6 Å². The van der Waals surface area contributed by atoms with Gasteiger partial charge in [0, 0.05) is 25.1 Å². The first-order chi connectivity index (χ1) is 20.3. The van der Waals surface area contributed by atoms with Crippen molar-refractivity contribution in [3.63, 3.8) is 0 Å². The van der Waals surface area contributed by atoms with E-state index in [2.05, 4.69) is 27.8 Å². The minimum absolute atomic E-state index is 0.0474. The summed E-state index contributed by atoms with van der Waals surface area (Å²) in [6.45, 7) is 1.85. The van der Waals surface area contributed by atoms with Crippen molar-refractivity contribution in [2.45, 2.75) is 38.6 Å². The van der Waals surface area contributed by atoms with Crippen LogP contribution in [0.5, 0.6) is 0 Å². The van der Waals surface area contributed by atoms with Crippen LogP contribution in [-0.2, 0) is 25.6 Å². The van der Waals surface area contributed by atoms with Gasteiger partial charge in [-0.25, -0.2) is 4.98 Å². The number of rotatable bonds is 4. The van der Waals surface area contributed by atoms with Crippen molar-refractivity contribution >= 4 is 45.9 Å². The highest BCUT2D eigenvalue weighted by Crippen LogP contribution is 2.39. The molecule has 3 aromatic carbocycles. The van der Waals surface area contributed by atoms with Gasteiger partial charge in [0.15, 0.2) is 0 Å². The molecule has 210 valence electrons. The van der Waals surface area contributed by atoms with E-state index in [0.29, 0.717) is 11.3 Å². The zero-order valence-corrected chi connectivity index (χ0v) is 22.8. The molecule has 7 rings (SSSR count). The lowest BCUT2D eigenvalue weighted by Gasteiger charge is -2.24. The second kappa shape index (κ2) is 9.76. The molecule has 2 unspecified atom stereocenters. The number of aromatic nitrogens is 2. The molecule has 2 atom stereocenters. The summed E-state index contributed by atoms with van der Waals surface area (Å²) >= 11 is 0. The molecule has 10 nitrogen and oxygen atoms in total. The molecule has 1 aromatic heterocycles. The Morgan fingerprint density at radius 3 is 2.62 bits per heavy atom. The first-order valence-electron chi connectivity index (χ1n) is 14.0. The first kappa shape index (κ1) is 25.8. The predicted molar refractivity (Wildman–Crippen MR) is 156 cm³/mol. The minimum atomic E-state index is -0.878. The lowest BCUT2D eigenvalue weighted by Crippen LogP contribution is -2.45. The van der Waals surface area contributed by atoms with Gasteiger partial charge in [-0.3, -0.25) is 33.9 Å². The van der Waals surface area contributed by atoms with Crippen LogP contribution in [0.25, 0.3) is 22.0 Å². The quantitative estimate of drug-likeness (QED) is 0.324. The van der Waals surface area contributed by atoms with E-state index >= 15 is 0 Å². The third-order valence-corrected chi connectivity index (χ3v) is 8.47. The molecule has 2 saturated heterocycles. The molecule has 0 bridgehead atoms. The van der Waals surface area contributed by atoms with Crippen molar-refractivity contribution in [3.8, 4) is 11.1 Å². The number of imide groups is 1. The second-order valence-electron chi connectivity index (χ2n) is 11.1. The summed E-state index contributed by atoms with van der Waals surface area (Å²) in [5.41, 5.74) is 5.70. The van der Waals surface area contributed by atoms with Crippen LogP contribution >= 0.6 is 0 Å². The molecule has 1 aliphatic carbocycles. The Hall–Kier alpha value is -5.12. The Morgan fingerprint density at radius 2 is 1.79 bits per heavy atom. The maximum Gasteiger partial charge on any atom is 0.264 e. The van der Waals surface area contributed by atoms with Crippen molar-refractivity contribution in [1.82, 2.24) is 14.9 Å². The molecule has 3 heterocycles. The Balaban J connectivity index is 1.14. The Bertz CT molecular complexity index is 1910. The summed E-state index contributed by atoms with van der Waals surface area (Å²) in [4.78, 5) is 70.6. The summed E-state index contributed by atoms with van der Waals surface area (Å²) < 4.78 is 1.28. The van der Waals surface area contributed by atoms with E-state index in [0.717, 1.165) is 23.2 Å². The van der Waals surface area contributed by atoms with Crippen LogP contribution < -0.4 is 21.1 Å². The van der Waals surface area contributed by atoms with E-state index < -0.39 is 23.4 Å². The number of piperidine rings is 1. The standard InChI is InChI=1S/C32H27N5O5/c1-17-33-24-7-4-8-25(29(24)32(42)37(17)26-11-12-27(38)35-31(26)41)34-30(40)20-15-28(39)36(16-20)21-9-10-23-19(14-21)13-18-5-2-3-6-22(18)23/h2-10,14,20,26H,11-13,15-16H2,1H3,(H,34,40)(H,35,38,41). The van der Waals surface area contributed by atoms with Crippen molar-refractivity contribution in [1.29, 1.82) is 0 Å². The van der Waals surface area contributed by atoms with E-state index in [-0.39, 0.29) is 54.6 Å². The normalized spacial score (nSPS) is 19.5. The number of carbonyl (C=O) groups excluding carboxylic acids is 4. The minimum Gasteiger partial charge on any atom is -0.325 e. The van der Waals surface area contributed by atoms with Crippen LogP contribution in [0, 0.1) is 12.8 Å². The van der Waals surface area contributed by atoms with Gasteiger partial charge in [0.25, 0.3) is 5.56 Å². The second-order valence-corrected chi connectivity index (χ2v) is 11.1. The number of hydrogen-bond acceptors (Lipinski definition) is 6. The Kier molecular flexibility index (Phi) is 6.00. The fourth-order valence-corrected chi connectivity index (χ4v) is 6.42. The predicted octanol–water partition coefficient (Wildman–Crippen LogP) is 3.25. The van der Waals surface area contributed by atoms with Gasteiger partial charge >= 0.3 is 0 Å². The van der Waals surface area contributed by atoms with Gasteiger partial charge in [0.1, 0.15) is 11.9 Å². The van der Waals surface area contributed by atoms with Gasteiger partial charge in [0.05, 0.1) is 22.5 Å². The van der Waals surface area contributed by atoms with Crippen LogP contribution in [0.15, 0.2) is 65.5 Å². The lowest BCUT2D eigenvalue weighted by atomic mass is 10.0. The maximum absolute atomic E-state index is 13.7. The number of anilines is 2. The summed E-state index contributed by atoms with van der Waals surface area (Å²) in [7, 11) is 0. The third-order valence-electron chi connectivity index (χ3n) is 8.47.